The second-order valence-electron chi connectivity index (χ2n) is 4.46. The summed E-state index contributed by atoms with van der Waals surface area (Å²) in [4.78, 5) is 16.3. The average molecular weight is 275 g/mol. The molecule has 3 nitrogen and oxygen atoms in total. The first-order chi connectivity index (χ1) is 7.31. The molecule has 0 aromatic heterocycles. The van der Waals surface area contributed by atoms with Crippen molar-refractivity contribution in [3.8, 4) is 0 Å². The molecule has 2 fully saturated rings. The second kappa shape index (κ2) is 5.30. The Morgan fingerprint density at radius 2 is 2.00 bits per heavy atom. The van der Waals surface area contributed by atoms with Crippen molar-refractivity contribution < 1.29 is 4.79 Å². The van der Waals surface area contributed by atoms with Crippen molar-refractivity contribution in [1.82, 2.24) is 9.80 Å². The summed E-state index contributed by atoms with van der Waals surface area (Å²) < 4.78 is 0. The molecule has 1 atom stereocenters. The predicted molar refractivity (Wildman–Crippen MR) is 64.2 cm³/mol. The van der Waals surface area contributed by atoms with Crippen LogP contribution in [0.3, 0.4) is 0 Å². The van der Waals surface area contributed by atoms with Crippen LogP contribution < -0.4 is 0 Å². The molecule has 4 heteroatoms. The van der Waals surface area contributed by atoms with E-state index in [1.165, 1.54) is 32.4 Å². The Morgan fingerprint density at radius 1 is 1.27 bits per heavy atom. The van der Waals surface area contributed by atoms with Gasteiger partial charge >= 0.3 is 0 Å². The fourth-order valence-electron chi connectivity index (χ4n) is 2.61. The lowest BCUT2D eigenvalue weighted by Crippen LogP contribution is -2.37. The maximum atomic E-state index is 11.7. The number of likely N-dealkylation sites (tertiary alicyclic amines) is 2. The molecule has 2 rings (SSSR count). The van der Waals surface area contributed by atoms with E-state index in [9.17, 15) is 4.79 Å². The Balaban J connectivity index is 1.80. The monoisotopic (exact) mass is 274 g/mol. The van der Waals surface area contributed by atoms with Crippen LogP contribution in [0.15, 0.2) is 0 Å². The topological polar surface area (TPSA) is 23.6 Å². The molecule has 2 aliphatic heterocycles. The van der Waals surface area contributed by atoms with E-state index in [-0.39, 0.29) is 0 Å². The Morgan fingerprint density at radius 3 is 2.67 bits per heavy atom. The number of hydrogen-bond donors (Lipinski definition) is 0. The highest BCUT2D eigenvalue weighted by Crippen LogP contribution is 2.20. The number of halogens is 1. The smallest absolute Gasteiger partial charge is 0.223 e. The second-order valence-corrected chi connectivity index (χ2v) is 5.26. The molecule has 1 unspecified atom stereocenters. The van der Waals surface area contributed by atoms with Crippen LogP contribution in [-0.4, -0.2) is 53.3 Å². The summed E-state index contributed by atoms with van der Waals surface area (Å²) in [7, 11) is 0. The Hall–Kier alpha value is -0.0900. The molecule has 15 heavy (non-hydrogen) atoms. The van der Waals surface area contributed by atoms with Gasteiger partial charge in [-0.15, -0.1) is 0 Å². The molecule has 2 saturated heterocycles. The minimum Gasteiger partial charge on any atom is -0.341 e. The van der Waals surface area contributed by atoms with Crippen LogP contribution in [0.4, 0.5) is 0 Å². The zero-order valence-electron chi connectivity index (χ0n) is 9.12. The SMILES string of the molecule is O=C(CCBr)N1CCC(N2CCCC2)C1. The van der Waals surface area contributed by atoms with Gasteiger partial charge in [0.2, 0.25) is 5.91 Å². The van der Waals surface area contributed by atoms with E-state index in [2.05, 4.69) is 20.8 Å². The van der Waals surface area contributed by atoms with Gasteiger partial charge in [-0.2, -0.15) is 0 Å². The number of nitrogens with zero attached hydrogens (tertiary/aromatic N) is 2. The third kappa shape index (κ3) is 2.72. The molecule has 0 radical (unpaired) electrons. The van der Waals surface area contributed by atoms with E-state index in [1.807, 2.05) is 4.90 Å². The fraction of sp³-hybridized carbons (Fsp3) is 0.909. The van der Waals surface area contributed by atoms with Crippen LogP contribution in [-0.2, 0) is 4.79 Å². The van der Waals surface area contributed by atoms with E-state index in [4.69, 9.17) is 0 Å². The fourth-order valence-corrected chi connectivity index (χ4v) is 2.95. The zero-order valence-corrected chi connectivity index (χ0v) is 10.7. The number of carbonyl (C=O) groups excluding carboxylic acids is 1. The average Bonchev–Trinajstić information content (AvgIpc) is 2.89. The number of alkyl halides is 1. The molecule has 0 saturated carbocycles. The summed E-state index contributed by atoms with van der Waals surface area (Å²) in [6, 6.07) is 0.645. The van der Waals surface area contributed by atoms with Gasteiger partial charge in [0.25, 0.3) is 0 Å². The van der Waals surface area contributed by atoms with E-state index in [0.29, 0.717) is 18.4 Å². The van der Waals surface area contributed by atoms with Crippen LogP contribution in [0, 0.1) is 0 Å². The highest BCUT2D eigenvalue weighted by Gasteiger charge is 2.30. The summed E-state index contributed by atoms with van der Waals surface area (Å²) >= 11 is 3.32. The molecule has 0 spiro atoms. The van der Waals surface area contributed by atoms with Gasteiger partial charge in [-0.05, 0) is 32.4 Å². The van der Waals surface area contributed by atoms with E-state index < -0.39 is 0 Å². The van der Waals surface area contributed by atoms with E-state index >= 15 is 0 Å². The Bertz CT molecular complexity index is 229. The lowest BCUT2D eigenvalue weighted by Gasteiger charge is -2.23. The van der Waals surface area contributed by atoms with Gasteiger partial charge in [-0.3, -0.25) is 9.69 Å². The largest absolute Gasteiger partial charge is 0.341 e. The van der Waals surface area contributed by atoms with Crippen molar-refractivity contribution in [2.45, 2.75) is 31.7 Å². The quantitative estimate of drug-likeness (QED) is 0.728. The summed E-state index contributed by atoms with van der Waals surface area (Å²) in [5, 5.41) is 0.788. The first-order valence-corrected chi connectivity index (χ1v) is 7.01. The van der Waals surface area contributed by atoms with Crippen LogP contribution in [0.1, 0.15) is 25.7 Å². The van der Waals surface area contributed by atoms with Crippen molar-refractivity contribution >= 4 is 21.8 Å². The third-order valence-electron chi connectivity index (χ3n) is 3.48. The van der Waals surface area contributed by atoms with Gasteiger partial charge < -0.3 is 4.90 Å². The molecule has 0 aromatic rings. The summed E-state index contributed by atoms with van der Waals surface area (Å²) in [5.74, 6) is 0.313. The molecule has 0 bridgehead atoms. The number of hydrogen-bond acceptors (Lipinski definition) is 2. The lowest BCUT2D eigenvalue weighted by molar-refractivity contribution is -0.129. The highest BCUT2D eigenvalue weighted by molar-refractivity contribution is 9.09. The predicted octanol–water partition coefficient (Wildman–Crippen LogP) is 1.47. The van der Waals surface area contributed by atoms with Gasteiger partial charge in [-0.1, -0.05) is 15.9 Å². The number of carbonyl (C=O) groups is 1. The highest BCUT2D eigenvalue weighted by atomic mass is 79.9. The normalized spacial score (nSPS) is 27.5. The van der Waals surface area contributed by atoms with E-state index in [0.717, 1.165) is 18.4 Å². The molecule has 2 heterocycles. The minimum absolute atomic E-state index is 0.313. The maximum Gasteiger partial charge on any atom is 0.223 e. The van der Waals surface area contributed by atoms with Gasteiger partial charge in [-0.25, -0.2) is 0 Å². The van der Waals surface area contributed by atoms with Gasteiger partial charge in [0.05, 0.1) is 0 Å². The van der Waals surface area contributed by atoms with E-state index in [1.54, 1.807) is 0 Å². The van der Waals surface area contributed by atoms with Crippen LogP contribution in [0.2, 0.25) is 0 Å². The van der Waals surface area contributed by atoms with Crippen molar-refractivity contribution in [3.05, 3.63) is 0 Å². The van der Waals surface area contributed by atoms with Gasteiger partial charge in [0, 0.05) is 30.9 Å². The standard InChI is InChI=1S/C11H19BrN2O/c12-5-3-11(15)14-8-4-10(9-14)13-6-1-2-7-13/h10H,1-9H2. The Kier molecular flexibility index (Phi) is 4.03. The summed E-state index contributed by atoms with van der Waals surface area (Å²) in [5.41, 5.74) is 0. The third-order valence-corrected chi connectivity index (χ3v) is 3.88. The van der Waals surface area contributed by atoms with Gasteiger partial charge in [0.15, 0.2) is 0 Å². The Labute approximate surface area is 99.9 Å². The lowest BCUT2D eigenvalue weighted by atomic mass is 10.2. The number of rotatable bonds is 3. The van der Waals surface area contributed by atoms with Crippen molar-refractivity contribution in [2.24, 2.45) is 0 Å². The molecular formula is C11H19BrN2O. The van der Waals surface area contributed by atoms with Crippen molar-refractivity contribution in [3.63, 3.8) is 0 Å². The van der Waals surface area contributed by atoms with Crippen LogP contribution >= 0.6 is 15.9 Å². The maximum absolute atomic E-state index is 11.7. The first-order valence-electron chi connectivity index (χ1n) is 5.89. The number of amides is 1. The molecule has 0 aliphatic carbocycles. The van der Waals surface area contributed by atoms with Gasteiger partial charge in [0.1, 0.15) is 0 Å². The summed E-state index contributed by atoms with van der Waals surface area (Å²) in [6.07, 6.45) is 4.50. The molecule has 0 N–H and O–H groups in total. The van der Waals surface area contributed by atoms with Crippen molar-refractivity contribution in [2.75, 3.05) is 31.5 Å². The molecule has 0 aromatic carbocycles. The van der Waals surface area contributed by atoms with Crippen LogP contribution in [0.5, 0.6) is 0 Å². The summed E-state index contributed by atoms with van der Waals surface area (Å²) in [6.45, 7) is 4.41. The minimum atomic E-state index is 0.313. The first kappa shape index (κ1) is 11.4. The molecule has 1 amide bonds. The molecular weight excluding hydrogens is 256 g/mol. The molecule has 86 valence electrons. The zero-order chi connectivity index (χ0) is 10.7. The molecule has 2 aliphatic rings. The van der Waals surface area contributed by atoms with Crippen molar-refractivity contribution in [1.29, 1.82) is 0 Å². The van der Waals surface area contributed by atoms with Crippen LogP contribution in [0.25, 0.3) is 0 Å².